The van der Waals surface area contributed by atoms with Crippen molar-refractivity contribution in [2.24, 2.45) is 0 Å². The Morgan fingerprint density at radius 1 is 1.27 bits per heavy atom. The number of benzene rings is 1. The minimum Gasteiger partial charge on any atom is -0.317 e. The fraction of sp³-hybridized carbons (Fsp3) is 0.250. The normalized spacial score (nSPS) is 23.5. The molecule has 0 saturated heterocycles. The Morgan fingerprint density at radius 2 is 1.95 bits per heavy atom. The first-order valence-electron chi connectivity index (χ1n) is 6.89. The van der Waals surface area contributed by atoms with Crippen molar-refractivity contribution in [2.45, 2.75) is 25.6 Å². The van der Waals surface area contributed by atoms with Gasteiger partial charge in [-0.3, -0.25) is 10.1 Å². The zero-order valence-electron chi connectivity index (χ0n) is 12.5. The molecular weight excluding hydrogens is 300 g/mol. The topological polar surface area (TPSA) is 58.6 Å². The number of carbonyl (C=O) groups excluding carboxylic acids is 2. The summed E-state index contributed by atoms with van der Waals surface area (Å²) in [6.45, 7) is 5.61. The van der Waals surface area contributed by atoms with Gasteiger partial charge in [0.25, 0.3) is 5.91 Å². The van der Waals surface area contributed by atoms with Crippen LogP contribution in [0.25, 0.3) is 0 Å². The number of amides is 2. The van der Waals surface area contributed by atoms with E-state index in [1.165, 1.54) is 11.8 Å². The summed E-state index contributed by atoms with van der Waals surface area (Å²) in [5.41, 5.74) is 2.12. The minimum atomic E-state index is -0.681. The van der Waals surface area contributed by atoms with E-state index < -0.39 is 11.0 Å². The van der Waals surface area contributed by atoms with Crippen molar-refractivity contribution in [2.75, 3.05) is 5.32 Å². The highest BCUT2D eigenvalue weighted by molar-refractivity contribution is 8.04. The Bertz CT molecular complexity index is 711. The minimum absolute atomic E-state index is 0.281. The smallest absolute Gasteiger partial charge is 0.317 e. The number of fused-ring (bicyclic) bond motifs is 1. The fourth-order valence-corrected chi connectivity index (χ4v) is 4.01. The SMILES string of the molecule is CC1=CC2=C(C)C(=O)N(OC(=O)Nc3ccccc3)C2(C)S1. The highest BCUT2D eigenvalue weighted by atomic mass is 32.2. The molecule has 0 saturated carbocycles. The third-order valence-electron chi connectivity index (χ3n) is 3.70. The van der Waals surface area contributed by atoms with Gasteiger partial charge in [0.1, 0.15) is 0 Å². The number of hydrogen-bond acceptors (Lipinski definition) is 4. The van der Waals surface area contributed by atoms with E-state index in [-0.39, 0.29) is 5.91 Å². The number of nitrogens with one attached hydrogen (secondary N) is 1. The maximum atomic E-state index is 12.3. The van der Waals surface area contributed by atoms with E-state index in [9.17, 15) is 9.59 Å². The monoisotopic (exact) mass is 316 g/mol. The van der Waals surface area contributed by atoms with Crippen LogP contribution in [0.1, 0.15) is 20.8 Å². The lowest BCUT2D eigenvalue weighted by molar-refractivity contribution is -0.164. The first-order valence-corrected chi connectivity index (χ1v) is 7.70. The summed E-state index contributed by atoms with van der Waals surface area (Å²) in [6, 6.07) is 8.97. The van der Waals surface area contributed by atoms with Gasteiger partial charge in [-0.2, -0.15) is 0 Å². The summed E-state index contributed by atoms with van der Waals surface area (Å²) in [5.74, 6) is -0.281. The molecule has 0 spiro atoms. The van der Waals surface area contributed by atoms with Crippen LogP contribution in [0.3, 0.4) is 0 Å². The molecule has 1 aromatic carbocycles. The number of allylic oxidation sites excluding steroid dienone is 1. The van der Waals surface area contributed by atoms with Gasteiger partial charge in [-0.25, -0.2) is 4.79 Å². The maximum absolute atomic E-state index is 12.3. The Kier molecular flexibility index (Phi) is 3.48. The average molecular weight is 316 g/mol. The lowest BCUT2D eigenvalue weighted by Gasteiger charge is -2.31. The van der Waals surface area contributed by atoms with Crippen LogP contribution < -0.4 is 5.32 Å². The molecule has 22 heavy (non-hydrogen) atoms. The molecule has 1 atom stereocenters. The van der Waals surface area contributed by atoms with E-state index >= 15 is 0 Å². The van der Waals surface area contributed by atoms with Crippen LogP contribution in [-0.2, 0) is 9.63 Å². The van der Waals surface area contributed by atoms with Gasteiger partial charge in [0.05, 0.1) is 0 Å². The zero-order valence-corrected chi connectivity index (χ0v) is 13.4. The number of anilines is 1. The van der Waals surface area contributed by atoms with Crippen molar-refractivity contribution in [1.82, 2.24) is 5.06 Å². The van der Waals surface area contributed by atoms with Crippen molar-refractivity contribution >= 4 is 29.4 Å². The first-order chi connectivity index (χ1) is 10.4. The van der Waals surface area contributed by atoms with Crippen molar-refractivity contribution < 1.29 is 14.4 Å². The van der Waals surface area contributed by atoms with Crippen LogP contribution >= 0.6 is 11.8 Å². The number of rotatable bonds is 2. The number of nitrogens with zero attached hydrogens (tertiary/aromatic N) is 1. The third kappa shape index (κ3) is 2.29. The van der Waals surface area contributed by atoms with Crippen molar-refractivity contribution in [3.05, 3.63) is 52.5 Å². The van der Waals surface area contributed by atoms with Gasteiger partial charge in [0.2, 0.25) is 0 Å². The van der Waals surface area contributed by atoms with Crippen molar-refractivity contribution in [3.8, 4) is 0 Å². The largest absolute Gasteiger partial charge is 0.436 e. The molecule has 1 aromatic rings. The molecule has 3 rings (SSSR count). The second-order valence-corrected chi connectivity index (χ2v) is 6.99. The molecule has 6 heteroatoms. The predicted octanol–water partition coefficient (Wildman–Crippen LogP) is 3.68. The lowest BCUT2D eigenvalue weighted by Crippen LogP contribution is -2.44. The summed E-state index contributed by atoms with van der Waals surface area (Å²) < 4.78 is 0. The Morgan fingerprint density at radius 3 is 2.64 bits per heavy atom. The van der Waals surface area contributed by atoms with Gasteiger partial charge in [0.15, 0.2) is 4.87 Å². The molecule has 0 fully saturated rings. The molecule has 1 unspecified atom stereocenters. The van der Waals surface area contributed by atoms with Crippen LogP contribution in [0.2, 0.25) is 0 Å². The second kappa shape index (κ2) is 5.21. The standard InChI is InChI=1S/C16H16N2O3S/c1-10-9-13-11(2)14(19)18(16(13,3)22-10)21-15(20)17-12-7-5-4-6-8-12/h4-9H,1-3H3,(H,17,20). The number of thioether (sulfide) groups is 1. The van der Waals surface area contributed by atoms with Crippen LogP contribution in [0, 0.1) is 0 Å². The average Bonchev–Trinajstić information content (AvgIpc) is 2.87. The lowest BCUT2D eigenvalue weighted by atomic mass is 10.1. The molecule has 0 aromatic heterocycles. The van der Waals surface area contributed by atoms with E-state index in [0.717, 1.165) is 15.5 Å². The molecule has 2 aliphatic rings. The van der Waals surface area contributed by atoms with Crippen molar-refractivity contribution in [3.63, 3.8) is 0 Å². The number of para-hydroxylation sites is 1. The van der Waals surface area contributed by atoms with Gasteiger partial charge < -0.3 is 4.84 Å². The summed E-state index contributed by atoms with van der Waals surface area (Å²) in [5, 5.41) is 3.77. The summed E-state index contributed by atoms with van der Waals surface area (Å²) >= 11 is 1.51. The number of hydrogen-bond donors (Lipinski definition) is 1. The fourth-order valence-electron chi connectivity index (χ4n) is 2.68. The summed E-state index contributed by atoms with van der Waals surface area (Å²) in [6.07, 6.45) is 1.29. The molecule has 0 radical (unpaired) electrons. The Hall–Kier alpha value is -2.21. The van der Waals surface area contributed by atoms with Gasteiger partial charge in [-0.05, 0) is 43.9 Å². The quantitative estimate of drug-likeness (QED) is 0.904. The zero-order chi connectivity index (χ0) is 15.9. The Balaban J connectivity index is 1.77. The molecule has 2 amide bonds. The van der Waals surface area contributed by atoms with E-state index in [2.05, 4.69) is 5.32 Å². The van der Waals surface area contributed by atoms with Gasteiger partial charge in [-0.1, -0.05) is 30.0 Å². The molecular formula is C16H16N2O3S. The van der Waals surface area contributed by atoms with Crippen LogP contribution in [0.5, 0.6) is 0 Å². The molecule has 114 valence electrons. The Labute approximate surface area is 133 Å². The highest BCUT2D eigenvalue weighted by Crippen LogP contribution is 2.52. The van der Waals surface area contributed by atoms with E-state index in [1.54, 1.807) is 19.1 Å². The second-order valence-electron chi connectivity index (χ2n) is 5.35. The molecule has 5 nitrogen and oxygen atoms in total. The molecule has 2 heterocycles. The maximum Gasteiger partial charge on any atom is 0.436 e. The van der Waals surface area contributed by atoms with E-state index in [0.29, 0.717) is 11.3 Å². The van der Waals surface area contributed by atoms with Gasteiger partial charge in [0, 0.05) is 16.8 Å². The summed E-state index contributed by atoms with van der Waals surface area (Å²) in [4.78, 5) is 30.1. The van der Waals surface area contributed by atoms with Gasteiger partial charge >= 0.3 is 6.09 Å². The highest BCUT2D eigenvalue weighted by Gasteiger charge is 2.52. The predicted molar refractivity (Wildman–Crippen MR) is 85.8 cm³/mol. The van der Waals surface area contributed by atoms with E-state index in [4.69, 9.17) is 4.84 Å². The molecule has 1 N–H and O–H groups in total. The van der Waals surface area contributed by atoms with E-state index in [1.807, 2.05) is 38.1 Å². The molecule has 0 bridgehead atoms. The molecule has 0 aliphatic carbocycles. The third-order valence-corrected chi connectivity index (χ3v) is 4.92. The first kappa shape index (κ1) is 14.7. The van der Waals surface area contributed by atoms with Crippen LogP contribution in [0.15, 0.2) is 52.5 Å². The van der Waals surface area contributed by atoms with Gasteiger partial charge in [-0.15, -0.1) is 5.06 Å². The summed E-state index contributed by atoms with van der Waals surface area (Å²) in [7, 11) is 0. The van der Waals surface area contributed by atoms with Crippen molar-refractivity contribution in [1.29, 1.82) is 0 Å². The number of hydroxylamine groups is 2. The van der Waals surface area contributed by atoms with Crippen LogP contribution in [0.4, 0.5) is 10.5 Å². The number of carbonyl (C=O) groups is 2. The van der Waals surface area contributed by atoms with Crippen LogP contribution in [-0.4, -0.2) is 21.9 Å². The molecule has 2 aliphatic heterocycles.